The van der Waals surface area contributed by atoms with Crippen LogP contribution < -0.4 is 0 Å². The number of rotatable bonds is 0. The first kappa shape index (κ1) is 17.7. The molecule has 0 radical (unpaired) electrons. The Kier molecular flexibility index (Phi) is 45.7. The molecule has 1 aliphatic carbocycles. The number of hydrogen-bond acceptors (Lipinski definition) is 0. The van der Waals surface area contributed by atoms with Crippen molar-refractivity contribution in [2.75, 3.05) is 0 Å². The first-order valence-corrected chi connectivity index (χ1v) is 5.56. The fraction of sp³-hybridized carbons (Fsp3) is 0.833. The Bertz CT molecular complexity index is 47.1. The Hall–Kier alpha value is -0.260. The van der Waals surface area contributed by atoms with Crippen LogP contribution in [0.2, 0.25) is 0 Å². The molecule has 1 rings (SSSR count). The van der Waals surface area contributed by atoms with Gasteiger partial charge in [0.15, 0.2) is 0 Å². The van der Waals surface area contributed by atoms with E-state index in [1.807, 2.05) is 27.7 Å². The van der Waals surface area contributed by atoms with Crippen LogP contribution in [0.3, 0.4) is 0 Å². The second-order valence-electron chi connectivity index (χ2n) is 2.11. The zero-order valence-corrected chi connectivity index (χ0v) is 9.98. The van der Waals surface area contributed by atoms with E-state index in [0.717, 1.165) is 0 Å². The number of hydrogen-bond donors (Lipinski definition) is 0. The summed E-state index contributed by atoms with van der Waals surface area (Å²) in [5, 5.41) is 0. The Morgan fingerprint density at radius 1 is 0.833 bits per heavy atom. The van der Waals surface area contributed by atoms with Crippen molar-refractivity contribution in [3.05, 3.63) is 12.2 Å². The Morgan fingerprint density at radius 3 is 1.17 bits per heavy atom. The van der Waals surface area contributed by atoms with Crippen molar-refractivity contribution in [2.24, 2.45) is 0 Å². The molecule has 76 valence electrons. The summed E-state index contributed by atoms with van der Waals surface area (Å²) in [5.74, 6) is 0. The molecular weight excluding hydrogens is 144 g/mol. The van der Waals surface area contributed by atoms with Crippen molar-refractivity contribution in [3.8, 4) is 0 Å². The van der Waals surface area contributed by atoms with Crippen LogP contribution in [0.4, 0.5) is 0 Å². The van der Waals surface area contributed by atoms with Gasteiger partial charge in [0, 0.05) is 0 Å². The Balaban J connectivity index is -0.000000102. The fourth-order valence-electron chi connectivity index (χ4n) is 0.589. The van der Waals surface area contributed by atoms with Gasteiger partial charge in [-0.2, -0.15) is 0 Å². The molecule has 0 saturated carbocycles. The van der Waals surface area contributed by atoms with Crippen molar-refractivity contribution >= 4 is 0 Å². The Labute approximate surface area is 80.1 Å². The van der Waals surface area contributed by atoms with Crippen LogP contribution in [-0.2, 0) is 0 Å². The predicted octanol–water partition coefficient (Wildman–Crippen LogP) is 5.20. The second-order valence-corrected chi connectivity index (χ2v) is 2.11. The van der Waals surface area contributed by atoms with Gasteiger partial charge in [-0.05, 0) is 19.3 Å². The highest BCUT2D eigenvalue weighted by molar-refractivity contribution is 4.88. The molecular formula is C12H28. The SMILES string of the molecule is C1=CCCC1.CC.CC.CCC. The topological polar surface area (TPSA) is 0 Å². The van der Waals surface area contributed by atoms with Crippen molar-refractivity contribution < 1.29 is 0 Å². The van der Waals surface area contributed by atoms with Crippen LogP contribution >= 0.6 is 0 Å². The molecule has 0 aliphatic heterocycles. The highest BCUT2D eigenvalue weighted by Gasteiger charge is 1.84. The van der Waals surface area contributed by atoms with Crippen LogP contribution in [0.15, 0.2) is 12.2 Å². The van der Waals surface area contributed by atoms with E-state index < -0.39 is 0 Å². The molecule has 12 heavy (non-hydrogen) atoms. The molecule has 0 N–H and O–H groups in total. The van der Waals surface area contributed by atoms with Gasteiger partial charge in [-0.25, -0.2) is 0 Å². The van der Waals surface area contributed by atoms with Gasteiger partial charge in [0.25, 0.3) is 0 Å². The summed E-state index contributed by atoms with van der Waals surface area (Å²) >= 11 is 0. The van der Waals surface area contributed by atoms with Gasteiger partial charge >= 0.3 is 0 Å². The van der Waals surface area contributed by atoms with Gasteiger partial charge in [-0.15, -0.1) is 0 Å². The zero-order chi connectivity index (χ0) is 10.2. The summed E-state index contributed by atoms with van der Waals surface area (Å²) in [5.41, 5.74) is 0. The van der Waals surface area contributed by atoms with E-state index in [9.17, 15) is 0 Å². The average molecular weight is 172 g/mol. The van der Waals surface area contributed by atoms with Crippen LogP contribution in [0.5, 0.6) is 0 Å². The summed E-state index contributed by atoms with van der Waals surface area (Å²) in [4.78, 5) is 0. The lowest BCUT2D eigenvalue weighted by Crippen LogP contribution is -1.50. The smallest absolute Gasteiger partial charge is 0.0348 e. The molecule has 0 unspecified atom stereocenters. The molecule has 0 aromatic carbocycles. The van der Waals surface area contributed by atoms with Gasteiger partial charge in [0.2, 0.25) is 0 Å². The number of allylic oxidation sites excluding steroid dienone is 2. The Morgan fingerprint density at radius 2 is 1.08 bits per heavy atom. The van der Waals surface area contributed by atoms with E-state index in [1.54, 1.807) is 0 Å². The van der Waals surface area contributed by atoms with E-state index in [4.69, 9.17) is 0 Å². The van der Waals surface area contributed by atoms with Crippen molar-refractivity contribution in [2.45, 2.75) is 67.2 Å². The molecule has 0 nitrogen and oxygen atoms in total. The third-order valence-electron chi connectivity index (χ3n) is 0.908. The molecule has 0 fully saturated rings. The molecule has 1 aliphatic rings. The maximum atomic E-state index is 2.24. The zero-order valence-electron chi connectivity index (χ0n) is 9.98. The van der Waals surface area contributed by atoms with E-state index in [0.29, 0.717) is 0 Å². The van der Waals surface area contributed by atoms with Gasteiger partial charge < -0.3 is 0 Å². The molecule has 0 spiro atoms. The molecule has 0 heteroatoms. The third-order valence-corrected chi connectivity index (χ3v) is 0.908. The first-order valence-electron chi connectivity index (χ1n) is 5.56. The van der Waals surface area contributed by atoms with Gasteiger partial charge in [-0.3, -0.25) is 0 Å². The van der Waals surface area contributed by atoms with Gasteiger partial charge in [0.1, 0.15) is 0 Å². The lowest BCUT2D eigenvalue weighted by molar-refractivity contribution is 0.929. The standard InChI is InChI=1S/C5H8.C3H8.2C2H6/c1-2-4-5-3-1;1-3-2;2*1-2/h1-2H,3-5H2;3H2,1-2H3;2*1-2H3. The van der Waals surface area contributed by atoms with Gasteiger partial charge in [-0.1, -0.05) is 60.1 Å². The van der Waals surface area contributed by atoms with Crippen LogP contribution in [0.25, 0.3) is 0 Å². The third kappa shape index (κ3) is 33.1. The summed E-state index contributed by atoms with van der Waals surface area (Å²) in [6.07, 6.45) is 9.75. The minimum atomic E-state index is 1.25. The minimum absolute atomic E-state index is 1.25. The van der Waals surface area contributed by atoms with Crippen molar-refractivity contribution in [3.63, 3.8) is 0 Å². The van der Waals surface area contributed by atoms with Crippen molar-refractivity contribution in [1.82, 2.24) is 0 Å². The molecule has 0 heterocycles. The highest BCUT2D eigenvalue weighted by Crippen LogP contribution is 2.05. The van der Waals surface area contributed by atoms with Crippen LogP contribution in [0.1, 0.15) is 67.2 Å². The maximum Gasteiger partial charge on any atom is -0.0348 e. The monoisotopic (exact) mass is 172 g/mol. The fourth-order valence-corrected chi connectivity index (χ4v) is 0.589. The summed E-state index contributed by atoms with van der Waals surface area (Å²) in [7, 11) is 0. The second kappa shape index (κ2) is 30.9. The summed E-state index contributed by atoms with van der Waals surface area (Å²) in [6, 6.07) is 0. The predicted molar refractivity (Wildman–Crippen MR) is 61.7 cm³/mol. The lowest BCUT2D eigenvalue weighted by atomic mass is 10.4. The largest absolute Gasteiger partial charge is 0.0885 e. The van der Waals surface area contributed by atoms with Crippen molar-refractivity contribution in [1.29, 1.82) is 0 Å². The molecule has 0 atom stereocenters. The van der Waals surface area contributed by atoms with Gasteiger partial charge in [0.05, 0.1) is 0 Å². The quantitative estimate of drug-likeness (QED) is 0.441. The average Bonchev–Trinajstić information content (AvgIpc) is 2.69. The summed E-state index contributed by atoms with van der Waals surface area (Å²) < 4.78 is 0. The molecule has 0 aromatic heterocycles. The summed E-state index contributed by atoms with van der Waals surface area (Å²) in [6.45, 7) is 12.2. The van der Waals surface area contributed by atoms with Crippen LogP contribution in [-0.4, -0.2) is 0 Å². The van der Waals surface area contributed by atoms with Crippen LogP contribution in [0, 0.1) is 0 Å². The molecule has 0 saturated heterocycles. The normalized spacial score (nSPS) is 11.2. The van der Waals surface area contributed by atoms with E-state index in [-0.39, 0.29) is 0 Å². The lowest BCUT2D eigenvalue weighted by Gasteiger charge is -1.69. The van der Waals surface area contributed by atoms with E-state index >= 15 is 0 Å². The highest BCUT2D eigenvalue weighted by atomic mass is 13.9. The minimum Gasteiger partial charge on any atom is -0.0885 e. The maximum absolute atomic E-state index is 2.24. The molecule has 0 amide bonds. The van der Waals surface area contributed by atoms with E-state index in [1.165, 1.54) is 25.7 Å². The van der Waals surface area contributed by atoms with E-state index in [2.05, 4.69) is 26.0 Å². The molecule has 0 aromatic rings. The first-order chi connectivity index (χ1) is 5.91. The molecule has 0 bridgehead atoms.